The van der Waals surface area contributed by atoms with Crippen LogP contribution in [0, 0.1) is 6.92 Å². The van der Waals surface area contributed by atoms with Gasteiger partial charge in [-0.25, -0.2) is 13.4 Å². The number of sulfonamides is 1. The Morgan fingerprint density at radius 2 is 2.14 bits per heavy atom. The fraction of sp³-hybridized carbons (Fsp3) is 0.400. The highest BCUT2D eigenvalue weighted by molar-refractivity contribution is 7.89. The van der Waals surface area contributed by atoms with E-state index >= 15 is 0 Å². The molecule has 0 spiro atoms. The number of aryl methyl sites for hydroxylation is 1. The number of benzene rings is 1. The molecule has 3 aromatic rings. The third kappa shape index (κ3) is 3.19. The van der Waals surface area contributed by atoms with Gasteiger partial charge in [0, 0.05) is 36.5 Å². The van der Waals surface area contributed by atoms with Gasteiger partial charge in [0.1, 0.15) is 5.76 Å². The molecule has 0 bridgehead atoms. The zero-order valence-corrected chi connectivity index (χ0v) is 16.8. The minimum Gasteiger partial charge on any atom is -0.445 e. The molecule has 2 aromatic heterocycles. The largest absolute Gasteiger partial charge is 0.445 e. The third-order valence-corrected chi connectivity index (χ3v) is 7.49. The molecule has 29 heavy (non-hydrogen) atoms. The van der Waals surface area contributed by atoms with Crippen molar-refractivity contribution < 1.29 is 17.6 Å². The predicted octanol–water partition coefficient (Wildman–Crippen LogP) is 2.08. The summed E-state index contributed by atoms with van der Waals surface area (Å²) in [5.41, 5.74) is 1.84. The van der Waals surface area contributed by atoms with Crippen molar-refractivity contribution in [1.29, 1.82) is 0 Å². The standard InChI is InChI=1S/C20H21N3O5S/c1-12-8-19(24)21-16-3-2-14(9-15(12)16)29(25,26)23-6-4-18-17(10-23)22-20(28-18)13-5-7-27-11-13/h2-3,8-9,13H,4-7,10-11H2,1H3,(H,21,24). The molecule has 1 saturated heterocycles. The maximum atomic E-state index is 13.3. The molecule has 8 nitrogen and oxygen atoms in total. The first-order valence-corrected chi connectivity index (χ1v) is 11.1. The summed E-state index contributed by atoms with van der Waals surface area (Å²) in [6, 6.07) is 6.26. The summed E-state index contributed by atoms with van der Waals surface area (Å²) in [6.07, 6.45) is 1.37. The number of rotatable bonds is 3. The highest BCUT2D eigenvalue weighted by Crippen LogP contribution is 2.31. The van der Waals surface area contributed by atoms with E-state index in [9.17, 15) is 13.2 Å². The number of hydrogen-bond donors (Lipinski definition) is 1. The van der Waals surface area contributed by atoms with Crippen LogP contribution < -0.4 is 5.56 Å². The molecule has 1 aromatic carbocycles. The minimum absolute atomic E-state index is 0.149. The van der Waals surface area contributed by atoms with E-state index in [1.54, 1.807) is 19.1 Å². The van der Waals surface area contributed by atoms with Crippen LogP contribution in [0.3, 0.4) is 0 Å². The van der Waals surface area contributed by atoms with Crippen molar-refractivity contribution in [1.82, 2.24) is 14.3 Å². The Morgan fingerprint density at radius 3 is 2.93 bits per heavy atom. The number of nitrogens with zero attached hydrogens (tertiary/aromatic N) is 2. The van der Waals surface area contributed by atoms with Gasteiger partial charge in [0.15, 0.2) is 5.89 Å². The lowest BCUT2D eigenvalue weighted by Gasteiger charge is -2.24. The van der Waals surface area contributed by atoms with Crippen LogP contribution in [0.25, 0.3) is 10.9 Å². The highest BCUT2D eigenvalue weighted by atomic mass is 32.2. The van der Waals surface area contributed by atoms with Gasteiger partial charge in [-0.15, -0.1) is 0 Å². The summed E-state index contributed by atoms with van der Waals surface area (Å²) in [4.78, 5) is 19.2. The average molecular weight is 415 g/mol. The average Bonchev–Trinajstić information content (AvgIpc) is 3.36. The third-order valence-electron chi connectivity index (χ3n) is 5.65. The number of nitrogens with one attached hydrogen (secondary N) is 1. The minimum atomic E-state index is -3.70. The van der Waals surface area contributed by atoms with E-state index in [4.69, 9.17) is 9.15 Å². The zero-order valence-electron chi connectivity index (χ0n) is 16.0. The van der Waals surface area contributed by atoms with Crippen LogP contribution in [-0.4, -0.2) is 42.4 Å². The maximum absolute atomic E-state index is 13.3. The van der Waals surface area contributed by atoms with E-state index < -0.39 is 10.0 Å². The molecule has 1 atom stereocenters. The number of hydrogen-bond acceptors (Lipinski definition) is 6. The lowest BCUT2D eigenvalue weighted by atomic mass is 10.1. The SMILES string of the molecule is Cc1cc(=O)[nH]c2ccc(S(=O)(=O)N3CCc4oc(C5CCOC5)nc4C3)cc12. The van der Waals surface area contributed by atoms with Crippen LogP contribution >= 0.6 is 0 Å². The Hall–Kier alpha value is -2.49. The van der Waals surface area contributed by atoms with Crippen molar-refractivity contribution in [2.24, 2.45) is 0 Å². The number of aromatic amines is 1. The topological polar surface area (TPSA) is 106 Å². The first-order valence-electron chi connectivity index (χ1n) is 9.62. The lowest BCUT2D eigenvalue weighted by molar-refractivity contribution is 0.190. The van der Waals surface area contributed by atoms with Gasteiger partial charge < -0.3 is 14.1 Å². The maximum Gasteiger partial charge on any atom is 0.248 e. The van der Waals surface area contributed by atoms with Crippen LogP contribution in [0.15, 0.2) is 38.4 Å². The fourth-order valence-corrected chi connectivity index (χ4v) is 5.44. The molecule has 2 aliphatic rings. The van der Waals surface area contributed by atoms with E-state index in [0.29, 0.717) is 48.7 Å². The van der Waals surface area contributed by atoms with Crippen molar-refractivity contribution in [2.45, 2.75) is 37.1 Å². The van der Waals surface area contributed by atoms with Crippen LogP contribution in [0.1, 0.15) is 35.2 Å². The monoisotopic (exact) mass is 415 g/mol. The molecule has 1 fully saturated rings. The van der Waals surface area contributed by atoms with Gasteiger partial charge in [0.2, 0.25) is 15.6 Å². The number of aromatic nitrogens is 2. The zero-order chi connectivity index (χ0) is 20.2. The quantitative estimate of drug-likeness (QED) is 0.702. The molecule has 1 unspecified atom stereocenters. The first kappa shape index (κ1) is 18.5. The Kier molecular flexibility index (Phi) is 4.34. The van der Waals surface area contributed by atoms with Crippen LogP contribution in [-0.2, 0) is 27.7 Å². The molecular weight excluding hydrogens is 394 g/mol. The van der Waals surface area contributed by atoms with E-state index in [1.807, 2.05) is 0 Å². The molecular formula is C20H21N3O5S. The first-order chi connectivity index (χ1) is 13.9. The second-order valence-electron chi connectivity index (χ2n) is 7.60. The van der Waals surface area contributed by atoms with Crippen LogP contribution in [0.4, 0.5) is 0 Å². The number of ether oxygens (including phenoxy) is 1. The number of fused-ring (bicyclic) bond motifs is 2. The van der Waals surface area contributed by atoms with Crippen molar-refractivity contribution in [2.75, 3.05) is 19.8 Å². The van der Waals surface area contributed by atoms with Gasteiger partial charge in [-0.2, -0.15) is 4.31 Å². The Morgan fingerprint density at radius 1 is 1.28 bits per heavy atom. The van der Waals surface area contributed by atoms with E-state index in [1.165, 1.54) is 16.4 Å². The van der Waals surface area contributed by atoms with Gasteiger partial charge in [-0.05, 0) is 37.1 Å². The lowest BCUT2D eigenvalue weighted by Crippen LogP contribution is -2.35. The second kappa shape index (κ2) is 6.79. The normalized spacial score (nSPS) is 20.2. The molecule has 0 radical (unpaired) electrons. The molecule has 0 amide bonds. The van der Waals surface area contributed by atoms with E-state index in [2.05, 4.69) is 9.97 Å². The van der Waals surface area contributed by atoms with Gasteiger partial charge >= 0.3 is 0 Å². The molecule has 0 aliphatic carbocycles. The smallest absolute Gasteiger partial charge is 0.248 e. The van der Waals surface area contributed by atoms with Gasteiger partial charge in [0.25, 0.3) is 0 Å². The van der Waals surface area contributed by atoms with Gasteiger partial charge in [-0.1, -0.05) is 0 Å². The van der Waals surface area contributed by atoms with Crippen molar-refractivity contribution in [3.05, 3.63) is 57.5 Å². The molecule has 4 heterocycles. The summed E-state index contributed by atoms with van der Waals surface area (Å²) >= 11 is 0. The summed E-state index contributed by atoms with van der Waals surface area (Å²) in [6.45, 7) is 3.63. The van der Waals surface area contributed by atoms with E-state index in [-0.39, 0.29) is 22.9 Å². The van der Waals surface area contributed by atoms with Gasteiger partial charge in [-0.3, -0.25) is 4.79 Å². The molecule has 9 heteroatoms. The number of pyridine rings is 1. The molecule has 2 aliphatic heterocycles. The van der Waals surface area contributed by atoms with Crippen molar-refractivity contribution >= 4 is 20.9 Å². The van der Waals surface area contributed by atoms with Crippen LogP contribution in [0.2, 0.25) is 0 Å². The predicted molar refractivity (Wildman–Crippen MR) is 105 cm³/mol. The summed E-state index contributed by atoms with van der Waals surface area (Å²) in [7, 11) is -3.70. The van der Waals surface area contributed by atoms with E-state index in [0.717, 1.165) is 17.7 Å². The van der Waals surface area contributed by atoms with Crippen molar-refractivity contribution in [3.63, 3.8) is 0 Å². The Balaban J connectivity index is 1.46. The fourth-order valence-electron chi connectivity index (χ4n) is 4.01. The Labute approximate surface area is 167 Å². The van der Waals surface area contributed by atoms with Crippen molar-refractivity contribution in [3.8, 4) is 0 Å². The molecule has 5 rings (SSSR count). The molecule has 1 N–H and O–H groups in total. The number of H-pyrrole nitrogens is 1. The summed E-state index contributed by atoms with van der Waals surface area (Å²) in [5, 5.41) is 0.716. The molecule has 152 valence electrons. The highest BCUT2D eigenvalue weighted by Gasteiger charge is 2.33. The number of oxazole rings is 1. The van der Waals surface area contributed by atoms with Gasteiger partial charge in [0.05, 0.1) is 29.7 Å². The molecule has 0 saturated carbocycles. The van der Waals surface area contributed by atoms with Crippen LogP contribution in [0.5, 0.6) is 0 Å². The summed E-state index contributed by atoms with van der Waals surface area (Å²) < 4.78 is 39.3. The summed E-state index contributed by atoms with van der Waals surface area (Å²) in [5.74, 6) is 1.57. The Bertz CT molecular complexity index is 1250. The second-order valence-corrected chi connectivity index (χ2v) is 9.53.